The summed E-state index contributed by atoms with van der Waals surface area (Å²) in [5.74, 6) is 0.582. The number of unbranched alkanes of at least 4 members (excludes halogenated alkanes) is 1. The second-order valence-electron chi connectivity index (χ2n) is 4.21. The van der Waals surface area contributed by atoms with Crippen molar-refractivity contribution in [2.45, 2.75) is 45.4 Å². The van der Waals surface area contributed by atoms with E-state index in [-0.39, 0.29) is 0 Å². The summed E-state index contributed by atoms with van der Waals surface area (Å²) in [5, 5.41) is 0.629. The highest BCUT2D eigenvalue weighted by molar-refractivity contribution is 7.58. The van der Waals surface area contributed by atoms with Gasteiger partial charge in [0.2, 0.25) is 8.30 Å². The van der Waals surface area contributed by atoms with Crippen molar-refractivity contribution < 1.29 is 4.89 Å². The first-order valence-electron chi connectivity index (χ1n) is 6.15. The van der Waals surface area contributed by atoms with Gasteiger partial charge in [0.1, 0.15) is 0 Å². The summed E-state index contributed by atoms with van der Waals surface area (Å²) in [7, 11) is -1.85. The maximum atomic E-state index is 10.3. The molecule has 1 aromatic carbocycles. The Balaban J connectivity index is 2.73. The SMILES string of the molecule is CCCCC(CC)c1ccc(P(O)N=O)cc1. The van der Waals surface area contributed by atoms with Crippen molar-refractivity contribution in [3.05, 3.63) is 34.7 Å². The van der Waals surface area contributed by atoms with E-state index in [1.54, 1.807) is 0 Å². The predicted octanol–water partition coefficient (Wildman–Crippen LogP) is 4.07. The molecule has 0 heterocycles. The van der Waals surface area contributed by atoms with Crippen molar-refractivity contribution in [2.75, 3.05) is 0 Å². The highest BCUT2D eigenvalue weighted by Gasteiger charge is 2.11. The fraction of sp³-hybridized carbons (Fsp3) is 0.538. The van der Waals surface area contributed by atoms with E-state index in [1.807, 2.05) is 24.3 Å². The minimum atomic E-state index is -1.85. The Morgan fingerprint density at radius 3 is 2.41 bits per heavy atom. The molecule has 1 N–H and O–H groups in total. The van der Waals surface area contributed by atoms with Gasteiger partial charge in [-0.25, -0.2) is 0 Å². The minimum absolute atomic E-state index is 0.582. The van der Waals surface area contributed by atoms with Crippen molar-refractivity contribution in [1.29, 1.82) is 0 Å². The molecular weight excluding hydrogens is 233 g/mol. The van der Waals surface area contributed by atoms with E-state index in [2.05, 4.69) is 18.8 Å². The van der Waals surface area contributed by atoms with Gasteiger partial charge < -0.3 is 4.89 Å². The van der Waals surface area contributed by atoms with Gasteiger partial charge in [0, 0.05) is 5.30 Å². The summed E-state index contributed by atoms with van der Waals surface area (Å²) in [5.41, 5.74) is 1.29. The van der Waals surface area contributed by atoms with Crippen LogP contribution in [0.5, 0.6) is 0 Å². The lowest BCUT2D eigenvalue weighted by Gasteiger charge is -2.15. The van der Waals surface area contributed by atoms with Gasteiger partial charge in [-0.05, 0) is 29.3 Å². The van der Waals surface area contributed by atoms with Crippen molar-refractivity contribution in [2.24, 2.45) is 4.95 Å². The Morgan fingerprint density at radius 1 is 1.29 bits per heavy atom. The lowest BCUT2D eigenvalue weighted by atomic mass is 9.91. The van der Waals surface area contributed by atoms with Gasteiger partial charge in [-0.3, -0.25) is 0 Å². The quantitative estimate of drug-likeness (QED) is 0.588. The average Bonchev–Trinajstić information content (AvgIpc) is 2.39. The molecule has 1 rings (SSSR count). The molecule has 0 saturated heterocycles. The van der Waals surface area contributed by atoms with Gasteiger partial charge in [-0.1, -0.05) is 51.0 Å². The number of benzene rings is 1. The van der Waals surface area contributed by atoms with E-state index in [1.165, 1.54) is 24.8 Å². The van der Waals surface area contributed by atoms with E-state index in [4.69, 9.17) is 0 Å². The first kappa shape index (κ1) is 14.3. The van der Waals surface area contributed by atoms with Gasteiger partial charge >= 0.3 is 0 Å². The maximum absolute atomic E-state index is 10.3. The molecule has 4 heteroatoms. The smallest absolute Gasteiger partial charge is 0.231 e. The van der Waals surface area contributed by atoms with Crippen LogP contribution < -0.4 is 5.30 Å². The van der Waals surface area contributed by atoms with Crippen molar-refractivity contribution >= 4 is 13.6 Å². The van der Waals surface area contributed by atoms with E-state index in [9.17, 15) is 9.80 Å². The third-order valence-corrected chi connectivity index (χ3v) is 3.99. The molecule has 94 valence electrons. The van der Waals surface area contributed by atoms with Crippen LogP contribution in [0.15, 0.2) is 29.2 Å². The molecule has 2 atom stereocenters. The summed E-state index contributed by atoms with van der Waals surface area (Å²) in [6, 6.07) is 7.65. The van der Waals surface area contributed by atoms with Crippen molar-refractivity contribution in [3.63, 3.8) is 0 Å². The standard InChI is InChI=1S/C13H20NO2P/c1-3-5-6-11(4-2)12-7-9-13(10-8-12)17(16)14-15/h7-11,16H,3-6H2,1-2H3. The number of nitrogens with zero attached hydrogens (tertiary/aromatic N) is 1. The molecule has 1 aromatic rings. The van der Waals surface area contributed by atoms with Crippen LogP contribution in [0.4, 0.5) is 0 Å². The highest BCUT2D eigenvalue weighted by Crippen LogP contribution is 2.31. The van der Waals surface area contributed by atoms with Crippen LogP contribution in [-0.4, -0.2) is 4.89 Å². The molecule has 0 aliphatic heterocycles. The third kappa shape index (κ3) is 4.18. The van der Waals surface area contributed by atoms with Gasteiger partial charge in [0.15, 0.2) is 0 Å². The summed E-state index contributed by atoms with van der Waals surface area (Å²) in [6.45, 7) is 4.39. The molecule has 0 aliphatic carbocycles. The van der Waals surface area contributed by atoms with Crippen molar-refractivity contribution in [3.8, 4) is 0 Å². The van der Waals surface area contributed by atoms with Crippen molar-refractivity contribution in [1.82, 2.24) is 0 Å². The van der Waals surface area contributed by atoms with Crippen LogP contribution in [0.1, 0.15) is 51.0 Å². The molecule has 17 heavy (non-hydrogen) atoms. The molecule has 0 fully saturated rings. The zero-order valence-electron chi connectivity index (χ0n) is 10.5. The molecule has 0 aromatic heterocycles. The van der Waals surface area contributed by atoms with Crippen LogP contribution in [0.25, 0.3) is 0 Å². The Bertz CT molecular complexity index is 340. The van der Waals surface area contributed by atoms with Crippen LogP contribution in [0.3, 0.4) is 0 Å². The number of hydrogen-bond donors (Lipinski definition) is 1. The van der Waals surface area contributed by atoms with Gasteiger partial charge in [-0.15, -0.1) is 4.91 Å². The maximum Gasteiger partial charge on any atom is 0.231 e. The molecule has 0 spiro atoms. The Morgan fingerprint density at radius 2 is 1.94 bits per heavy atom. The van der Waals surface area contributed by atoms with E-state index in [0.717, 1.165) is 6.42 Å². The number of hydrogen-bond acceptors (Lipinski definition) is 3. The number of rotatable bonds is 7. The van der Waals surface area contributed by atoms with Crippen LogP contribution in [0, 0.1) is 4.91 Å². The molecule has 3 nitrogen and oxygen atoms in total. The molecule has 0 radical (unpaired) electrons. The van der Waals surface area contributed by atoms with Crippen LogP contribution in [0.2, 0.25) is 0 Å². The Labute approximate surface area is 104 Å². The van der Waals surface area contributed by atoms with E-state index < -0.39 is 8.30 Å². The van der Waals surface area contributed by atoms with Gasteiger partial charge in [-0.2, -0.15) is 0 Å². The second-order valence-corrected chi connectivity index (χ2v) is 5.47. The lowest BCUT2D eigenvalue weighted by molar-refractivity contribution is 0.570. The second kappa shape index (κ2) is 7.52. The molecule has 2 unspecified atom stereocenters. The predicted molar refractivity (Wildman–Crippen MR) is 73.6 cm³/mol. The highest BCUT2D eigenvalue weighted by atomic mass is 31.2. The first-order valence-corrected chi connectivity index (χ1v) is 7.39. The largest absolute Gasteiger partial charge is 0.348 e. The molecule has 0 amide bonds. The summed E-state index contributed by atoms with van der Waals surface area (Å²) >= 11 is 0. The summed E-state index contributed by atoms with van der Waals surface area (Å²) < 4.78 is 0. The average molecular weight is 253 g/mol. The zero-order valence-corrected chi connectivity index (χ0v) is 11.4. The molecular formula is C13H20NO2P. The molecule has 0 bridgehead atoms. The van der Waals surface area contributed by atoms with Crippen LogP contribution >= 0.6 is 8.30 Å². The van der Waals surface area contributed by atoms with E-state index in [0.29, 0.717) is 11.2 Å². The number of nitroso groups, excluding NO2 is 1. The zero-order chi connectivity index (χ0) is 12.7. The van der Waals surface area contributed by atoms with Gasteiger partial charge in [0.05, 0.1) is 0 Å². The molecule has 0 aliphatic rings. The summed E-state index contributed by atoms with van der Waals surface area (Å²) in [6.07, 6.45) is 4.78. The third-order valence-electron chi connectivity index (χ3n) is 3.07. The monoisotopic (exact) mass is 253 g/mol. The first-order chi connectivity index (χ1) is 8.22. The van der Waals surface area contributed by atoms with Gasteiger partial charge in [0.25, 0.3) is 0 Å². The lowest BCUT2D eigenvalue weighted by Crippen LogP contribution is -2.02. The fourth-order valence-electron chi connectivity index (χ4n) is 1.98. The normalized spacial score (nSPS) is 14.3. The van der Waals surface area contributed by atoms with Crippen LogP contribution in [-0.2, 0) is 0 Å². The molecule has 0 saturated carbocycles. The Kier molecular flexibility index (Phi) is 6.31. The Hall–Kier alpha value is -0.790. The fourth-order valence-corrected chi connectivity index (χ4v) is 2.49. The topological polar surface area (TPSA) is 49.7 Å². The minimum Gasteiger partial charge on any atom is -0.348 e. The van der Waals surface area contributed by atoms with E-state index >= 15 is 0 Å². The summed E-state index contributed by atoms with van der Waals surface area (Å²) in [4.78, 5) is 22.3.